The molecule has 3 heteroatoms. The summed E-state index contributed by atoms with van der Waals surface area (Å²) < 4.78 is 0. The van der Waals surface area contributed by atoms with Gasteiger partial charge in [0.2, 0.25) is 0 Å². The van der Waals surface area contributed by atoms with E-state index in [4.69, 9.17) is 0 Å². The van der Waals surface area contributed by atoms with Gasteiger partial charge in [-0.05, 0) is 45.7 Å². The molecular weight excluding hydrogens is 200 g/mol. The summed E-state index contributed by atoms with van der Waals surface area (Å²) in [4.78, 5) is 2.63. The topological polar surface area (TPSA) is 35.5 Å². The van der Waals surface area contributed by atoms with Crippen LogP contribution in [-0.4, -0.2) is 47.8 Å². The second-order valence-electron chi connectivity index (χ2n) is 5.04. The van der Waals surface area contributed by atoms with Crippen LogP contribution in [0.1, 0.15) is 46.5 Å². The molecule has 2 N–H and O–H groups in total. The van der Waals surface area contributed by atoms with Gasteiger partial charge >= 0.3 is 0 Å². The second kappa shape index (κ2) is 7.25. The van der Waals surface area contributed by atoms with Crippen molar-refractivity contribution in [2.24, 2.45) is 0 Å². The van der Waals surface area contributed by atoms with Gasteiger partial charge in [-0.2, -0.15) is 0 Å². The number of piperidine rings is 1. The van der Waals surface area contributed by atoms with Crippen molar-refractivity contribution in [2.45, 2.75) is 64.6 Å². The molecular formula is C13H28N2O. The maximum atomic E-state index is 9.23. The van der Waals surface area contributed by atoms with Gasteiger partial charge in [-0.25, -0.2) is 0 Å². The van der Waals surface area contributed by atoms with Crippen LogP contribution in [-0.2, 0) is 0 Å². The summed E-state index contributed by atoms with van der Waals surface area (Å²) in [5.74, 6) is 0. The van der Waals surface area contributed by atoms with Crippen molar-refractivity contribution in [1.82, 2.24) is 10.2 Å². The summed E-state index contributed by atoms with van der Waals surface area (Å²) in [6.45, 7) is 9.56. The van der Waals surface area contributed by atoms with Crippen molar-refractivity contribution in [3.05, 3.63) is 0 Å². The standard InChI is InChI=1S/C13H28N2O/c1-4-13(5-2)15-8-6-12(7-9-15)14-10-11(3)16/h11-14,16H,4-10H2,1-3H3. The van der Waals surface area contributed by atoms with Gasteiger partial charge < -0.3 is 15.3 Å². The number of hydrogen-bond acceptors (Lipinski definition) is 3. The zero-order chi connectivity index (χ0) is 12.0. The van der Waals surface area contributed by atoms with Crippen molar-refractivity contribution in [2.75, 3.05) is 19.6 Å². The van der Waals surface area contributed by atoms with Crippen LogP contribution in [0.2, 0.25) is 0 Å². The molecule has 1 aliphatic rings. The second-order valence-corrected chi connectivity index (χ2v) is 5.04. The number of aliphatic hydroxyl groups excluding tert-OH is 1. The Kier molecular flexibility index (Phi) is 6.32. The van der Waals surface area contributed by atoms with Crippen molar-refractivity contribution >= 4 is 0 Å². The number of aliphatic hydroxyl groups is 1. The average Bonchev–Trinajstić information content (AvgIpc) is 2.29. The highest BCUT2D eigenvalue weighted by atomic mass is 16.3. The van der Waals surface area contributed by atoms with E-state index >= 15 is 0 Å². The van der Waals surface area contributed by atoms with Crippen molar-refractivity contribution < 1.29 is 5.11 Å². The molecule has 0 bridgehead atoms. The molecule has 0 aliphatic carbocycles. The van der Waals surface area contributed by atoms with E-state index in [0.29, 0.717) is 6.04 Å². The Labute approximate surface area is 100 Å². The smallest absolute Gasteiger partial charge is 0.0636 e. The molecule has 1 fully saturated rings. The first-order valence-electron chi connectivity index (χ1n) is 6.82. The van der Waals surface area contributed by atoms with Crippen molar-refractivity contribution in [3.8, 4) is 0 Å². The van der Waals surface area contributed by atoms with E-state index in [1.807, 2.05) is 6.92 Å². The summed E-state index contributed by atoms with van der Waals surface area (Å²) >= 11 is 0. The van der Waals surface area contributed by atoms with E-state index in [1.165, 1.54) is 38.8 Å². The molecule has 0 radical (unpaired) electrons. The molecule has 1 aliphatic heterocycles. The van der Waals surface area contributed by atoms with Crippen LogP contribution in [0.15, 0.2) is 0 Å². The molecule has 0 aromatic heterocycles. The minimum absolute atomic E-state index is 0.225. The molecule has 0 spiro atoms. The van der Waals surface area contributed by atoms with Crippen LogP contribution in [0, 0.1) is 0 Å². The Balaban J connectivity index is 2.22. The molecule has 3 nitrogen and oxygen atoms in total. The van der Waals surface area contributed by atoms with Crippen LogP contribution >= 0.6 is 0 Å². The molecule has 0 amide bonds. The number of hydrogen-bond donors (Lipinski definition) is 2. The predicted octanol–water partition coefficient (Wildman–Crippen LogP) is 1.61. The van der Waals surface area contributed by atoms with Crippen LogP contribution in [0.4, 0.5) is 0 Å². The van der Waals surface area contributed by atoms with Crippen LogP contribution in [0.3, 0.4) is 0 Å². The molecule has 0 saturated carbocycles. The Morgan fingerprint density at radius 1 is 1.25 bits per heavy atom. The minimum Gasteiger partial charge on any atom is -0.392 e. The zero-order valence-corrected chi connectivity index (χ0v) is 11.1. The summed E-state index contributed by atoms with van der Waals surface area (Å²) in [6, 6.07) is 1.39. The molecule has 1 rings (SSSR count). The Morgan fingerprint density at radius 3 is 2.25 bits per heavy atom. The lowest BCUT2D eigenvalue weighted by molar-refractivity contribution is 0.126. The van der Waals surface area contributed by atoms with Gasteiger partial charge in [0, 0.05) is 18.6 Å². The number of nitrogens with zero attached hydrogens (tertiary/aromatic N) is 1. The first-order chi connectivity index (χ1) is 7.67. The molecule has 1 unspecified atom stereocenters. The first-order valence-corrected chi connectivity index (χ1v) is 6.82. The predicted molar refractivity (Wildman–Crippen MR) is 68.6 cm³/mol. The fourth-order valence-electron chi connectivity index (χ4n) is 2.61. The fraction of sp³-hybridized carbons (Fsp3) is 1.00. The van der Waals surface area contributed by atoms with E-state index in [0.717, 1.165) is 12.6 Å². The lowest BCUT2D eigenvalue weighted by Gasteiger charge is -2.37. The number of nitrogens with one attached hydrogen (secondary N) is 1. The minimum atomic E-state index is -0.225. The van der Waals surface area contributed by atoms with Gasteiger partial charge in [-0.3, -0.25) is 0 Å². The molecule has 96 valence electrons. The highest BCUT2D eigenvalue weighted by molar-refractivity contribution is 4.81. The van der Waals surface area contributed by atoms with E-state index in [2.05, 4.69) is 24.1 Å². The SMILES string of the molecule is CCC(CC)N1CCC(NCC(C)O)CC1. The van der Waals surface area contributed by atoms with E-state index < -0.39 is 0 Å². The molecule has 0 aromatic carbocycles. The highest BCUT2D eigenvalue weighted by Gasteiger charge is 2.22. The molecule has 1 atom stereocenters. The average molecular weight is 228 g/mol. The van der Waals surface area contributed by atoms with Gasteiger partial charge in [0.25, 0.3) is 0 Å². The molecule has 1 saturated heterocycles. The molecule has 16 heavy (non-hydrogen) atoms. The lowest BCUT2D eigenvalue weighted by atomic mass is 10.0. The van der Waals surface area contributed by atoms with Gasteiger partial charge in [-0.1, -0.05) is 13.8 Å². The van der Waals surface area contributed by atoms with Gasteiger partial charge in [0.05, 0.1) is 6.10 Å². The third-order valence-corrected chi connectivity index (χ3v) is 3.69. The summed E-state index contributed by atoms with van der Waals surface area (Å²) in [5, 5.41) is 12.7. The third-order valence-electron chi connectivity index (χ3n) is 3.69. The Morgan fingerprint density at radius 2 is 1.81 bits per heavy atom. The number of likely N-dealkylation sites (tertiary alicyclic amines) is 1. The van der Waals surface area contributed by atoms with Crippen molar-refractivity contribution in [3.63, 3.8) is 0 Å². The number of rotatable bonds is 6. The van der Waals surface area contributed by atoms with Crippen LogP contribution in [0.25, 0.3) is 0 Å². The van der Waals surface area contributed by atoms with E-state index in [-0.39, 0.29) is 6.10 Å². The fourth-order valence-corrected chi connectivity index (χ4v) is 2.61. The quantitative estimate of drug-likeness (QED) is 0.725. The Bertz CT molecular complexity index is 173. The van der Waals surface area contributed by atoms with Gasteiger partial charge in [0.1, 0.15) is 0 Å². The highest BCUT2D eigenvalue weighted by Crippen LogP contribution is 2.16. The van der Waals surface area contributed by atoms with Crippen molar-refractivity contribution in [1.29, 1.82) is 0 Å². The summed E-state index contributed by atoms with van der Waals surface area (Å²) in [6.07, 6.45) is 4.76. The maximum Gasteiger partial charge on any atom is 0.0636 e. The normalized spacial score (nSPS) is 21.6. The van der Waals surface area contributed by atoms with E-state index in [9.17, 15) is 5.11 Å². The largest absolute Gasteiger partial charge is 0.392 e. The van der Waals surface area contributed by atoms with E-state index in [1.54, 1.807) is 0 Å². The molecule has 0 aromatic rings. The van der Waals surface area contributed by atoms with Crippen LogP contribution < -0.4 is 5.32 Å². The maximum absolute atomic E-state index is 9.23. The molecule has 1 heterocycles. The zero-order valence-electron chi connectivity index (χ0n) is 11.1. The van der Waals surface area contributed by atoms with Gasteiger partial charge in [-0.15, -0.1) is 0 Å². The Hall–Kier alpha value is -0.120. The first kappa shape index (κ1) is 13.9. The monoisotopic (exact) mass is 228 g/mol. The summed E-state index contributed by atoms with van der Waals surface area (Å²) in [7, 11) is 0. The van der Waals surface area contributed by atoms with Crippen LogP contribution in [0.5, 0.6) is 0 Å². The summed E-state index contributed by atoms with van der Waals surface area (Å²) in [5.41, 5.74) is 0. The lowest BCUT2D eigenvalue weighted by Crippen LogP contribution is -2.47. The third kappa shape index (κ3) is 4.40. The van der Waals surface area contributed by atoms with Gasteiger partial charge in [0.15, 0.2) is 0 Å².